The van der Waals surface area contributed by atoms with Gasteiger partial charge in [0.15, 0.2) is 11.6 Å². The number of carbonyl (C=O) groups is 2. The van der Waals surface area contributed by atoms with Gasteiger partial charge in [-0.3, -0.25) is 9.59 Å². The molecule has 0 radical (unpaired) electrons. The summed E-state index contributed by atoms with van der Waals surface area (Å²) in [5, 5.41) is 0. The lowest BCUT2D eigenvalue weighted by Crippen LogP contribution is -2.19. The molecule has 2 nitrogen and oxygen atoms in total. The molecule has 0 saturated heterocycles. The van der Waals surface area contributed by atoms with Gasteiger partial charge in [-0.25, -0.2) is 0 Å². The summed E-state index contributed by atoms with van der Waals surface area (Å²) in [7, 11) is 0. The first-order valence-corrected chi connectivity index (χ1v) is 6.50. The fourth-order valence-corrected chi connectivity index (χ4v) is 3.48. The van der Waals surface area contributed by atoms with Crippen molar-refractivity contribution < 1.29 is 9.59 Å². The van der Waals surface area contributed by atoms with E-state index in [9.17, 15) is 9.59 Å². The van der Waals surface area contributed by atoms with Crippen molar-refractivity contribution in [3.63, 3.8) is 0 Å². The average molecular weight is 248 g/mol. The number of ketones is 2. The molecule has 0 N–H and O–H groups in total. The van der Waals surface area contributed by atoms with E-state index in [0.717, 1.165) is 22.3 Å². The largest absolute Gasteiger partial charge is 0.298 e. The fourth-order valence-electron chi connectivity index (χ4n) is 3.48. The first kappa shape index (κ1) is 10.7. The molecule has 0 atom stereocenters. The molecule has 2 heteroatoms. The Morgan fingerprint density at radius 2 is 0.947 bits per heavy atom. The zero-order valence-corrected chi connectivity index (χ0v) is 10.3. The maximum Gasteiger partial charge on any atom is 0.152 e. The van der Waals surface area contributed by atoms with E-state index in [2.05, 4.69) is 0 Å². The zero-order valence-electron chi connectivity index (χ0n) is 10.3. The molecular weight excluding hydrogens is 236 g/mol. The van der Waals surface area contributed by atoms with E-state index in [-0.39, 0.29) is 29.8 Å². The van der Waals surface area contributed by atoms with Crippen LogP contribution in [0.25, 0.3) is 0 Å². The van der Waals surface area contributed by atoms with Crippen molar-refractivity contribution in [2.45, 2.75) is 18.3 Å². The third-order valence-corrected chi connectivity index (χ3v) is 4.23. The van der Waals surface area contributed by atoms with E-state index in [1.165, 1.54) is 0 Å². The second-order valence-corrected chi connectivity index (χ2v) is 5.23. The van der Waals surface area contributed by atoms with Crippen molar-refractivity contribution in [1.29, 1.82) is 0 Å². The van der Waals surface area contributed by atoms with Gasteiger partial charge in [-0.05, 0) is 22.3 Å². The van der Waals surface area contributed by atoms with Gasteiger partial charge in [-0.2, -0.15) is 0 Å². The highest BCUT2D eigenvalue weighted by Gasteiger charge is 2.43. The second kappa shape index (κ2) is 3.64. The molecule has 0 unspecified atom stereocenters. The summed E-state index contributed by atoms with van der Waals surface area (Å²) in [6, 6.07) is 15.7. The molecule has 5 rings (SSSR count). The Morgan fingerprint density at radius 3 is 1.26 bits per heavy atom. The summed E-state index contributed by atoms with van der Waals surface area (Å²) in [5.41, 5.74) is 4.06. The number of benzene rings is 2. The monoisotopic (exact) mass is 248 g/mol. The van der Waals surface area contributed by atoms with Crippen LogP contribution in [0, 0.1) is 0 Å². The summed E-state index contributed by atoms with van der Waals surface area (Å²) in [6.07, 6.45) is 0.0543. The highest BCUT2D eigenvalue weighted by atomic mass is 16.1. The summed E-state index contributed by atoms with van der Waals surface area (Å²) in [6.45, 7) is 0. The molecule has 2 aromatic carbocycles. The van der Waals surface area contributed by atoms with E-state index >= 15 is 0 Å². The molecular formula is C17H12O2. The standard InChI is InChI=1S/C17H12O2/c18-14-9-15(19)17-11-6-2-1-5-10(11)16(14)12-7-3-4-8-13(12)17/h1-8,16-17H,9H2. The first-order chi connectivity index (χ1) is 9.27. The Bertz CT molecular complexity index is 607. The molecule has 19 heavy (non-hydrogen) atoms. The maximum atomic E-state index is 12.4. The minimum Gasteiger partial charge on any atom is -0.298 e. The minimum absolute atomic E-state index is 0.0323. The van der Waals surface area contributed by atoms with Gasteiger partial charge in [0.05, 0.1) is 18.3 Å². The van der Waals surface area contributed by atoms with Gasteiger partial charge in [0.2, 0.25) is 0 Å². The SMILES string of the molecule is O=C1CC(=O)C2c3ccccc3C1c1ccccc12. The molecule has 3 aliphatic rings. The van der Waals surface area contributed by atoms with Crippen molar-refractivity contribution >= 4 is 11.6 Å². The zero-order chi connectivity index (χ0) is 13.0. The van der Waals surface area contributed by atoms with Crippen LogP contribution in [0.15, 0.2) is 48.5 Å². The lowest BCUT2D eigenvalue weighted by atomic mass is 9.73. The van der Waals surface area contributed by atoms with E-state index < -0.39 is 0 Å². The molecule has 0 aromatic heterocycles. The van der Waals surface area contributed by atoms with Gasteiger partial charge >= 0.3 is 0 Å². The summed E-state index contributed by atoms with van der Waals surface area (Å²) in [5.74, 6) is -0.444. The minimum atomic E-state index is -0.255. The van der Waals surface area contributed by atoms with Crippen LogP contribution in [0.2, 0.25) is 0 Å². The summed E-state index contributed by atoms with van der Waals surface area (Å²) >= 11 is 0. The Balaban J connectivity index is 2.12. The van der Waals surface area contributed by atoms with Crippen molar-refractivity contribution in [3.8, 4) is 0 Å². The Labute approximate surface area is 111 Å². The Kier molecular flexibility index (Phi) is 2.05. The van der Waals surface area contributed by atoms with Crippen molar-refractivity contribution in [2.75, 3.05) is 0 Å². The van der Waals surface area contributed by atoms with Crippen LogP contribution < -0.4 is 0 Å². The lowest BCUT2D eigenvalue weighted by molar-refractivity contribution is -0.126. The quantitative estimate of drug-likeness (QED) is 0.672. The third-order valence-electron chi connectivity index (χ3n) is 4.23. The van der Waals surface area contributed by atoms with E-state index in [1.54, 1.807) is 0 Å². The lowest BCUT2D eigenvalue weighted by Gasteiger charge is -2.28. The first-order valence-electron chi connectivity index (χ1n) is 6.50. The van der Waals surface area contributed by atoms with Crippen molar-refractivity contribution in [1.82, 2.24) is 0 Å². The van der Waals surface area contributed by atoms with Crippen LogP contribution in [0.3, 0.4) is 0 Å². The van der Waals surface area contributed by atoms with Gasteiger partial charge in [0, 0.05) is 0 Å². The van der Waals surface area contributed by atoms with Crippen molar-refractivity contribution in [3.05, 3.63) is 70.8 Å². The predicted octanol–water partition coefficient (Wildman–Crippen LogP) is 2.81. The maximum absolute atomic E-state index is 12.4. The van der Waals surface area contributed by atoms with Gasteiger partial charge in [0.1, 0.15) is 0 Å². The number of hydrogen-bond acceptors (Lipinski definition) is 2. The van der Waals surface area contributed by atoms with Crippen LogP contribution in [0.4, 0.5) is 0 Å². The molecule has 0 amide bonds. The van der Waals surface area contributed by atoms with Crippen LogP contribution >= 0.6 is 0 Å². The van der Waals surface area contributed by atoms with Gasteiger partial charge in [-0.1, -0.05) is 48.5 Å². The second-order valence-electron chi connectivity index (χ2n) is 5.23. The molecule has 2 bridgehead atoms. The van der Waals surface area contributed by atoms with Crippen LogP contribution in [0.5, 0.6) is 0 Å². The van der Waals surface area contributed by atoms with Gasteiger partial charge in [-0.15, -0.1) is 0 Å². The molecule has 3 aliphatic carbocycles. The highest BCUT2D eigenvalue weighted by molar-refractivity contribution is 6.11. The Morgan fingerprint density at radius 1 is 0.632 bits per heavy atom. The van der Waals surface area contributed by atoms with E-state index in [0.29, 0.717) is 0 Å². The number of Topliss-reactive ketones (excluding diaryl/α,β-unsaturated/α-hetero) is 2. The van der Waals surface area contributed by atoms with Crippen LogP contribution in [-0.2, 0) is 9.59 Å². The van der Waals surface area contributed by atoms with Gasteiger partial charge in [0.25, 0.3) is 0 Å². The molecule has 0 fully saturated rings. The average Bonchev–Trinajstić information content (AvgIpc) is 2.61. The fraction of sp³-hybridized carbons (Fsp3) is 0.176. The highest BCUT2D eigenvalue weighted by Crippen LogP contribution is 2.47. The molecule has 0 heterocycles. The molecule has 92 valence electrons. The van der Waals surface area contributed by atoms with E-state index in [1.807, 2.05) is 48.5 Å². The third kappa shape index (κ3) is 1.31. The summed E-state index contributed by atoms with van der Waals surface area (Å²) in [4.78, 5) is 24.8. The van der Waals surface area contributed by atoms with Crippen molar-refractivity contribution in [2.24, 2.45) is 0 Å². The molecule has 2 aromatic rings. The number of rotatable bonds is 0. The topological polar surface area (TPSA) is 34.1 Å². The normalized spacial score (nSPS) is 23.8. The number of hydrogen-bond donors (Lipinski definition) is 0. The van der Waals surface area contributed by atoms with E-state index in [4.69, 9.17) is 0 Å². The van der Waals surface area contributed by atoms with Gasteiger partial charge < -0.3 is 0 Å². The molecule has 0 aliphatic heterocycles. The summed E-state index contributed by atoms with van der Waals surface area (Å²) < 4.78 is 0. The Hall–Kier alpha value is -2.22. The van der Waals surface area contributed by atoms with Crippen LogP contribution in [-0.4, -0.2) is 11.6 Å². The number of fused-ring (bicyclic) bond motifs is 2. The number of carbonyl (C=O) groups excluding carboxylic acids is 2. The molecule has 0 spiro atoms. The molecule has 0 saturated carbocycles. The smallest absolute Gasteiger partial charge is 0.152 e. The van der Waals surface area contributed by atoms with Crippen LogP contribution in [0.1, 0.15) is 40.5 Å². The predicted molar refractivity (Wildman–Crippen MR) is 71.2 cm³/mol.